The predicted octanol–water partition coefficient (Wildman–Crippen LogP) is 1.29. The number of amides is 1. The van der Waals surface area contributed by atoms with Gasteiger partial charge in [-0.05, 0) is 27.2 Å². The Morgan fingerprint density at radius 3 is 2.47 bits per heavy atom. The molecule has 106 valence electrons. The molecule has 1 saturated carbocycles. The van der Waals surface area contributed by atoms with E-state index in [1.54, 1.807) is 20.8 Å². The minimum atomic E-state index is -1.04. The second kappa shape index (κ2) is 4.21. The van der Waals surface area contributed by atoms with E-state index in [0.29, 0.717) is 13.0 Å². The third-order valence-corrected chi connectivity index (χ3v) is 3.87. The standard InChI is InChI=1S/C13H19NO5/c1-12(2,3)19-10(16)8-6-9(15)13(8)4-5-14(7-13)11(17)18/h8H,4-7H2,1-3H3,(H,17,18)/t8-,13+/m1/s1. The Hall–Kier alpha value is -1.59. The topological polar surface area (TPSA) is 83.9 Å². The highest BCUT2D eigenvalue weighted by molar-refractivity contribution is 6.00. The van der Waals surface area contributed by atoms with Crippen LogP contribution in [0.3, 0.4) is 0 Å². The third-order valence-electron chi connectivity index (χ3n) is 3.87. The molecule has 1 N–H and O–H groups in total. The molecule has 2 rings (SSSR count). The Kier molecular flexibility index (Phi) is 3.07. The highest BCUT2D eigenvalue weighted by Gasteiger charge is 2.62. The molecule has 6 heteroatoms. The Bertz CT molecular complexity index is 439. The first kappa shape index (κ1) is 13.8. The normalized spacial score (nSPS) is 30.4. The number of carboxylic acid groups (broad SMARTS) is 1. The number of carbonyl (C=O) groups excluding carboxylic acids is 2. The van der Waals surface area contributed by atoms with Crippen molar-refractivity contribution < 1.29 is 24.2 Å². The molecule has 2 aliphatic rings. The molecule has 1 saturated heterocycles. The highest BCUT2D eigenvalue weighted by Crippen LogP contribution is 2.50. The van der Waals surface area contributed by atoms with Crippen molar-refractivity contribution in [2.24, 2.45) is 11.3 Å². The van der Waals surface area contributed by atoms with Gasteiger partial charge in [0, 0.05) is 19.5 Å². The van der Waals surface area contributed by atoms with Gasteiger partial charge < -0.3 is 14.7 Å². The van der Waals surface area contributed by atoms with Crippen molar-refractivity contribution in [3.8, 4) is 0 Å². The molecular formula is C13H19NO5. The maximum atomic E-state index is 12.1. The van der Waals surface area contributed by atoms with Crippen molar-refractivity contribution in [2.45, 2.75) is 39.2 Å². The van der Waals surface area contributed by atoms with Crippen LogP contribution in [-0.2, 0) is 14.3 Å². The first-order chi connectivity index (χ1) is 8.66. The number of Topliss-reactive ketones (excluding diaryl/α,β-unsaturated/α-hetero) is 1. The van der Waals surface area contributed by atoms with E-state index in [9.17, 15) is 14.4 Å². The summed E-state index contributed by atoms with van der Waals surface area (Å²) in [6.07, 6.45) is -0.454. The molecule has 0 aromatic heterocycles. The summed E-state index contributed by atoms with van der Waals surface area (Å²) in [6, 6.07) is 0. The fourth-order valence-electron chi connectivity index (χ4n) is 2.84. The summed E-state index contributed by atoms with van der Waals surface area (Å²) < 4.78 is 5.32. The summed E-state index contributed by atoms with van der Waals surface area (Å²) in [6.45, 7) is 5.74. The SMILES string of the molecule is CC(C)(C)OC(=O)[C@H]1CC(=O)[C@]12CCN(C(=O)O)C2. The number of likely N-dealkylation sites (tertiary alicyclic amines) is 1. The summed E-state index contributed by atoms with van der Waals surface area (Å²) in [7, 11) is 0. The molecule has 6 nitrogen and oxygen atoms in total. The van der Waals surface area contributed by atoms with Crippen molar-refractivity contribution in [3.63, 3.8) is 0 Å². The monoisotopic (exact) mass is 269 g/mol. The number of carbonyl (C=O) groups is 3. The largest absolute Gasteiger partial charge is 0.465 e. The van der Waals surface area contributed by atoms with Gasteiger partial charge in [-0.25, -0.2) is 4.79 Å². The van der Waals surface area contributed by atoms with Crippen molar-refractivity contribution in [2.75, 3.05) is 13.1 Å². The maximum absolute atomic E-state index is 12.1. The average molecular weight is 269 g/mol. The number of rotatable bonds is 1. The van der Waals surface area contributed by atoms with Crippen LogP contribution in [0.5, 0.6) is 0 Å². The van der Waals surface area contributed by atoms with E-state index in [2.05, 4.69) is 0 Å². The number of hydrogen-bond acceptors (Lipinski definition) is 4. The van der Waals surface area contributed by atoms with Crippen LogP contribution >= 0.6 is 0 Å². The van der Waals surface area contributed by atoms with Crippen molar-refractivity contribution in [3.05, 3.63) is 0 Å². The van der Waals surface area contributed by atoms with Crippen LogP contribution in [0.4, 0.5) is 4.79 Å². The molecule has 0 radical (unpaired) electrons. The summed E-state index contributed by atoms with van der Waals surface area (Å²) in [4.78, 5) is 36.1. The highest BCUT2D eigenvalue weighted by atomic mass is 16.6. The van der Waals surface area contributed by atoms with Gasteiger partial charge in [0.15, 0.2) is 0 Å². The number of esters is 1. The van der Waals surface area contributed by atoms with Crippen LogP contribution in [0.2, 0.25) is 0 Å². The summed E-state index contributed by atoms with van der Waals surface area (Å²) in [5, 5.41) is 8.96. The maximum Gasteiger partial charge on any atom is 0.407 e. The quantitative estimate of drug-likeness (QED) is 0.725. The Labute approximate surface area is 111 Å². The lowest BCUT2D eigenvalue weighted by molar-refractivity contribution is -0.177. The summed E-state index contributed by atoms with van der Waals surface area (Å²) >= 11 is 0. The zero-order chi connectivity index (χ0) is 14.4. The van der Waals surface area contributed by atoms with Crippen LogP contribution in [0.1, 0.15) is 33.6 Å². The Balaban J connectivity index is 2.10. The van der Waals surface area contributed by atoms with Gasteiger partial charge >= 0.3 is 12.1 Å². The van der Waals surface area contributed by atoms with Crippen LogP contribution in [0, 0.1) is 11.3 Å². The molecule has 1 aliphatic carbocycles. The molecule has 1 heterocycles. The smallest absolute Gasteiger partial charge is 0.407 e. The second-order valence-electron chi connectivity index (χ2n) is 6.32. The predicted molar refractivity (Wildman–Crippen MR) is 65.6 cm³/mol. The number of hydrogen-bond donors (Lipinski definition) is 1. The Morgan fingerprint density at radius 1 is 1.42 bits per heavy atom. The van der Waals surface area contributed by atoms with E-state index in [1.165, 1.54) is 4.90 Å². The number of nitrogens with zero attached hydrogens (tertiary/aromatic N) is 1. The van der Waals surface area contributed by atoms with Crippen LogP contribution in [0.15, 0.2) is 0 Å². The van der Waals surface area contributed by atoms with Gasteiger partial charge in [0.25, 0.3) is 0 Å². The minimum absolute atomic E-state index is 0.0212. The third kappa shape index (κ3) is 2.31. The molecule has 1 amide bonds. The van der Waals surface area contributed by atoms with Crippen molar-refractivity contribution >= 4 is 17.8 Å². The van der Waals surface area contributed by atoms with Gasteiger partial charge in [0.2, 0.25) is 0 Å². The Morgan fingerprint density at radius 2 is 2.05 bits per heavy atom. The zero-order valence-corrected chi connectivity index (χ0v) is 11.4. The van der Waals surface area contributed by atoms with E-state index in [0.717, 1.165) is 0 Å². The molecular weight excluding hydrogens is 250 g/mol. The van der Waals surface area contributed by atoms with Gasteiger partial charge in [-0.1, -0.05) is 0 Å². The van der Waals surface area contributed by atoms with Crippen molar-refractivity contribution in [1.82, 2.24) is 4.90 Å². The second-order valence-corrected chi connectivity index (χ2v) is 6.32. The van der Waals surface area contributed by atoms with E-state index < -0.39 is 23.0 Å². The van der Waals surface area contributed by atoms with Gasteiger partial charge in [-0.3, -0.25) is 9.59 Å². The molecule has 19 heavy (non-hydrogen) atoms. The van der Waals surface area contributed by atoms with E-state index in [1.807, 2.05) is 0 Å². The molecule has 0 aromatic carbocycles. The van der Waals surface area contributed by atoms with Gasteiger partial charge in [-0.15, -0.1) is 0 Å². The first-order valence-electron chi connectivity index (χ1n) is 6.40. The number of ketones is 1. The molecule has 0 bridgehead atoms. The first-order valence-corrected chi connectivity index (χ1v) is 6.40. The number of ether oxygens (including phenoxy) is 1. The molecule has 2 atom stereocenters. The zero-order valence-electron chi connectivity index (χ0n) is 11.4. The van der Waals surface area contributed by atoms with Crippen LogP contribution in [0.25, 0.3) is 0 Å². The lowest BCUT2D eigenvalue weighted by atomic mass is 9.58. The lowest BCUT2D eigenvalue weighted by Gasteiger charge is -2.43. The van der Waals surface area contributed by atoms with Crippen LogP contribution in [-0.4, -0.2) is 46.5 Å². The van der Waals surface area contributed by atoms with E-state index in [4.69, 9.17) is 9.84 Å². The van der Waals surface area contributed by atoms with Gasteiger partial charge in [0.1, 0.15) is 11.4 Å². The molecule has 1 aliphatic heterocycles. The van der Waals surface area contributed by atoms with E-state index in [-0.39, 0.29) is 24.7 Å². The molecule has 1 spiro atoms. The fraction of sp³-hybridized carbons (Fsp3) is 0.769. The summed E-state index contributed by atoms with van der Waals surface area (Å²) in [5.74, 6) is -0.907. The summed E-state index contributed by atoms with van der Waals surface area (Å²) in [5.41, 5.74) is -1.43. The average Bonchev–Trinajstić information content (AvgIpc) is 2.70. The minimum Gasteiger partial charge on any atom is -0.465 e. The van der Waals surface area contributed by atoms with E-state index >= 15 is 0 Å². The molecule has 0 unspecified atom stereocenters. The molecule has 0 aromatic rings. The van der Waals surface area contributed by atoms with Gasteiger partial charge in [-0.2, -0.15) is 0 Å². The van der Waals surface area contributed by atoms with Crippen molar-refractivity contribution in [1.29, 1.82) is 0 Å². The fourth-order valence-corrected chi connectivity index (χ4v) is 2.84. The van der Waals surface area contributed by atoms with Gasteiger partial charge in [0.05, 0.1) is 11.3 Å². The molecule has 2 fully saturated rings. The van der Waals surface area contributed by atoms with Crippen LogP contribution < -0.4 is 0 Å². The lowest BCUT2D eigenvalue weighted by Crippen LogP contribution is -2.56.